The van der Waals surface area contributed by atoms with E-state index >= 15 is 0 Å². The van der Waals surface area contributed by atoms with Gasteiger partial charge >= 0.3 is 0 Å². The third kappa shape index (κ3) is 3.09. The Morgan fingerprint density at radius 3 is 2.59 bits per heavy atom. The Labute approximate surface area is 127 Å². The van der Waals surface area contributed by atoms with Crippen molar-refractivity contribution in [3.63, 3.8) is 0 Å². The summed E-state index contributed by atoms with van der Waals surface area (Å²) < 4.78 is 0. The molecule has 0 aliphatic heterocycles. The van der Waals surface area contributed by atoms with Crippen molar-refractivity contribution >= 4 is 17.5 Å². The van der Waals surface area contributed by atoms with Crippen LogP contribution in [0.25, 0.3) is 11.3 Å². The molecule has 0 bridgehead atoms. The SMILES string of the molecule is NC(=O)c1cccc(Nc2nccc(-c3ccccc3)n2)c1. The summed E-state index contributed by atoms with van der Waals surface area (Å²) in [5.41, 5.74) is 8.26. The highest BCUT2D eigenvalue weighted by Crippen LogP contribution is 2.19. The summed E-state index contributed by atoms with van der Waals surface area (Å²) in [5, 5.41) is 3.08. The number of rotatable bonds is 4. The highest BCUT2D eigenvalue weighted by Gasteiger charge is 2.04. The molecule has 0 saturated carbocycles. The first-order valence-corrected chi connectivity index (χ1v) is 6.78. The average Bonchev–Trinajstić information content (AvgIpc) is 2.56. The monoisotopic (exact) mass is 290 g/mol. The molecule has 5 nitrogen and oxygen atoms in total. The van der Waals surface area contributed by atoms with Crippen molar-refractivity contribution < 1.29 is 4.79 Å². The molecular formula is C17H14N4O. The molecule has 0 saturated heterocycles. The first-order chi connectivity index (χ1) is 10.7. The van der Waals surface area contributed by atoms with E-state index in [2.05, 4.69) is 15.3 Å². The summed E-state index contributed by atoms with van der Waals surface area (Å²) in [6.07, 6.45) is 1.69. The number of aromatic nitrogens is 2. The van der Waals surface area contributed by atoms with Gasteiger partial charge in [-0.1, -0.05) is 36.4 Å². The number of amides is 1. The second-order valence-corrected chi connectivity index (χ2v) is 4.70. The Hall–Kier alpha value is -3.21. The van der Waals surface area contributed by atoms with Gasteiger partial charge in [-0.3, -0.25) is 4.79 Å². The number of benzene rings is 2. The molecule has 0 aliphatic rings. The Morgan fingerprint density at radius 1 is 1.00 bits per heavy atom. The smallest absolute Gasteiger partial charge is 0.248 e. The van der Waals surface area contributed by atoms with E-state index in [4.69, 9.17) is 5.73 Å². The first-order valence-electron chi connectivity index (χ1n) is 6.78. The number of hydrogen-bond acceptors (Lipinski definition) is 4. The number of hydrogen-bond donors (Lipinski definition) is 2. The van der Waals surface area contributed by atoms with Gasteiger partial charge in [-0.2, -0.15) is 0 Å². The fourth-order valence-electron chi connectivity index (χ4n) is 2.07. The van der Waals surface area contributed by atoms with E-state index in [9.17, 15) is 4.79 Å². The molecule has 3 aromatic rings. The normalized spacial score (nSPS) is 10.2. The van der Waals surface area contributed by atoms with Crippen LogP contribution in [0.4, 0.5) is 11.6 Å². The van der Waals surface area contributed by atoms with Gasteiger partial charge in [0.1, 0.15) is 0 Å². The number of carbonyl (C=O) groups is 1. The molecule has 0 radical (unpaired) electrons. The van der Waals surface area contributed by atoms with Crippen LogP contribution in [-0.4, -0.2) is 15.9 Å². The van der Waals surface area contributed by atoms with E-state index in [0.29, 0.717) is 17.2 Å². The van der Waals surface area contributed by atoms with Crippen LogP contribution >= 0.6 is 0 Å². The van der Waals surface area contributed by atoms with Crippen LogP contribution in [0, 0.1) is 0 Å². The maximum atomic E-state index is 11.2. The second-order valence-electron chi connectivity index (χ2n) is 4.70. The van der Waals surface area contributed by atoms with Gasteiger partial charge in [-0.05, 0) is 24.3 Å². The van der Waals surface area contributed by atoms with Crippen molar-refractivity contribution in [2.24, 2.45) is 5.73 Å². The molecule has 5 heteroatoms. The summed E-state index contributed by atoms with van der Waals surface area (Å²) >= 11 is 0. The number of nitrogens with two attached hydrogens (primary N) is 1. The van der Waals surface area contributed by atoms with Crippen molar-refractivity contribution in [1.82, 2.24) is 9.97 Å². The summed E-state index contributed by atoms with van der Waals surface area (Å²) in [4.78, 5) is 19.9. The van der Waals surface area contributed by atoms with E-state index in [0.717, 1.165) is 11.3 Å². The van der Waals surface area contributed by atoms with E-state index < -0.39 is 5.91 Å². The molecule has 1 heterocycles. The Bertz CT molecular complexity index is 803. The zero-order valence-electron chi connectivity index (χ0n) is 11.7. The largest absolute Gasteiger partial charge is 0.366 e. The molecule has 0 aliphatic carbocycles. The summed E-state index contributed by atoms with van der Waals surface area (Å²) in [7, 11) is 0. The van der Waals surface area contributed by atoms with E-state index in [-0.39, 0.29) is 0 Å². The molecule has 0 fully saturated rings. The van der Waals surface area contributed by atoms with Crippen molar-refractivity contribution in [3.05, 3.63) is 72.4 Å². The average molecular weight is 290 g/mol. The highest BCUT2D eigenvalue weighted by molar-refractivity contribution is 5.93. The van der Waals surface area contributed by atoms with Crippen LogP contribution in [0.5, 0.6) is 0 Å². The maximum Gasteiger partial charge on any atom is 0.248 e. The van der Waals surface area contributed by atoms with Crippen LogP contribution < -0.4 is 11.1 Å². The maximum absolute atomic E-state index is 11.2. The van der Waals surface area contributed by atoms with Crippen molar-refractivity contribution in [1.29, 1.82) is 0 Å². The van der Waals surface area contributed by atoms with Crippen molar-refractivity contribution in [2.45, 2.75) is 0 Å². The van der Waals surface area contributed by atoms with Crippen molar-refractivity contribution in [3.8, 4) is 11.3 Å². The molecule has 1 amide bonds. The fraction of sp³-hybridized carbons (Fsp3) is 0. The van der Waals surface area contributed by atoms with Gasteiger partial charge < -0.3 is 11.1 Å². The molecule has 1 aromatic heterocycles. The van der Waals surface area contributed by atoms with Gasteiger partial charge in [0, 0.05) is 23.0 Å². The zero-order chi connectivity index (χ0) is 15.4. The fourth-order valence-corrected chi connectivity index (χ4v) is 2.07. The van der Waals surface area contributed by atoms with Crippen LogP contribution in [0.15, 0.2) is 66.9 Å². The Kier molecular flexibility index (Phi) is 3.78. The van der Waals surface area contributed by atoms with Gasteiger partial charge in [0.25, 0.3) is 0 Å². The molecule has 2 aromatic carbocycles. The van der Waals surface area contributed by atoms with Gasteiger partial charge in [0.05, 0.1) is 5.69 Å². The third-order valence-corrected chi connectivity index (χ3v) is 3.13. The second kappa shape index (κ2) is 6.05. The van der Waals surface area contributed by atoms with Gasteiger partial charge in [0.2, 0.25) is 11.9 Å². The lowest BCUT2D eigenvalue weighted by Crippen LogP contribution is -2.11. The number of nitrogens with one attached hydrogen (secondary N) is 1. The molecule has 108 valence electrons. The van der Waals surface area contributed by atoms with Crippen LogP contribution in [0.3, 0.4) is 0 Å². The van der Waals surface area contributed by atoms with Gasteiger partial charge in [-0.25, -0.2) is 9.97 Å². The van der Waals surface area contributed by atoms with Crippen LogP contribution in [-0.2, 0) is 0 Å². The van der Waals surface area contributed by atoms with Gasteiger partial charge in [-0.15, -0.1) is 0 Å². The predicted octanol–water partition coefficient (Wildman–Crippen LogP) is 2.99. The summed E-state index contributed by atoms with van der Waals surface area (Å²) in [5.74, 6) is -0.00872. The minimum Gasteiger partial charge on any atom is -0.366 e. The first kappa shape index (κ1) is 13.8. The molecular weight excluding hydrogens is 276 g/mol. The lowest BCUT2D eigenvalue weighted by molar-refractivity contribution is 0.100. The highest BCUT2D eigenvalue weighted by atomic mass is 16.1. The molecule has 3 rings (SSSR count). The van der Waals surface area contributed by atoms with Crippen molar-refractivity contribution in [2.75, 3.05) is 5.32 Å². The standard InChI is InChI=1S/C17H14N4O/c18-16(22)13-7-4-8-14(11-13)20-17-19-10-9-15(21-17)12-5-2-1-3-6-12/h1-11H,(H2,18,22)(H,19,20,21). The molecule has 0 atom stereocenters. The number of anilines is 2. The molecule has 0 unspecified atom stereocenters. The number of carbonyl (C=O) groups excluding carboxylic acids is 1. The lowest BCUT2D eigenvalue weighted by atomic mass is 10.1. The van der Waals surface area contributed by atoms with Gasteiger partial charge in [0.15, 0.2) is 0 Å². The molecule has 3 N–H and O–H groups in total. The topological polar surface area (TPSA) is 80.9 Å². The van der Waals surface area contributed by atoms with E-state index in [1.54, 1.807) is 24.4 Å². The van der Waals surface area contributed by atoms with E-state index in [1.165, 1.54) is 0 Å². The summed E-state index contributed by atoms with van der Waals surface area (Å²) in [6, 6.07) is 18.6. The third-order valence-electron chi connectivity index (χ3n) is 3.13. The van der Waals surface area contributed by atoms with Crippen LogP contribution in [0.1, 0.15) is 10.4 Å². The minimum absolute atomic E-state index is 0.434. The Morgan fingerprint density at radius 2 is 1.82 bits per heavy atom. The summed E-state index contributed by atoms with van der Waals surface area (Å²) in [6.45, 7) is 0. The zero-order valence-corrected chi connectivity index (χ0v) is 11.7. The lowest BCUT2D eigenvalue weighted by Gasteiger charge is -2.07. The molecule has 22 heavy (non-hydrogen) atoms. The number of nitrogens with zero attached hydrogens (tertiary/aromatic N) is 2. The quantitative estimate of drug-likeness (QED) is 0.774. The molecule has 0 spiro atoms. The van der Waals surface area contributed by atoms with E-state index in [1.807, 2.05) is 42.5 Å². The van der Waals surface area contributed by atoms with Crippen LogP contribution in [0.2, 0.25) is 0 Å². The number of primary amides is 1. The minimum atomic E-state index is -0.470. The Balaban J connectivity index is 1.87. The predicted molar refractivity (Wildman–Crippen MR) is 85.7 cm³/mol.